The Kier molecular flexibility index (Phi) is 4.69. The highest BCUT2D eigenvalue weighted by Gasteiger charge is 2.21. The molecular weight excluding hydrogens is 399 g/mol. The molecule has 31 heavy (non-hydrogen) atoms. The zero-order valence-electron chi connectivity index (χ0n) is 16.3. The third-order valence-corrected chi connectivity index (χ3v) is 5.29. The van der Waals surface area contributed by atoms with Crippen LogP contribution in [-0.2, 0) is 19.6 Å². The number of hydrogen-bond donors (Lipinski definition) is 2. The van der Waals surface area contributed by atoms with Crippen LogP contribution in [0.15, 0.2) is 42.9 Å². The molecule has 0 radical (unpaired) electrons. The van der Waals surface area contributed by atoms with Gasteiger partial charge in [0, 0.05) is 48.2 Å². The Hall–Kier alpha value is -4.03. The molecular formula is C22H17FN6O2. The zero-order valence-corrected chi connectivity index (χ0v) is 16.3. The Labute approximate surface area is 176 Å². The number of pyridine rings is 1. The highest BCUT2D eigenvalue weighted by molar-refractivity contribution is 5.80. The Morgan fingerprint density at radius 3 is 3.00 bits per heavy atom. The number of halogens is 1. The van der Waals surface area contributed by atoms with Gasteiger partial charge in [-0.3, -0.25) is 9.38 Å². The van der Waals surface area contributed by atoms with Crippen LogP contribution >= 0.6 is 0 Å². The van der Waals surface area contributed by atoms with Gasteiger partial charge in [-0.15, -0.1) is 0 Å². The molecule has 0 unspecified atom stereocenters. The van der Waals surface area contributed by atoms with Gasteiger partial charge in [0.25, 0.3) is 5.82 Å². The van der Waals surface area contributed by atoms with Crippen molar-refractivity contribution >= 4 is 17.4 Å². The molecule has 1 aliphatic rings. The van der Waals surface area contributed by atoms with Gasteiger partial charge in [0.15, 0.2) is 0 Å². The maximum atomic E-state index is 14.5. The number of hydrogen-bond acceptors (Lipinski definition) is 6. The van der Waals surface area contributed by atoms with Crippen LogP contribution in [0.1, 0.15) is 16.8 Å². The standard InChI is InChI=1S/C22H17FN6O2/c1-24-20-11-29-21(28-20)16(13-3-2-7-25-18(13)12-30)10-27-22(29)26-9-15-14-6-8-31-19(14)5-4-17(15)23/h2-5,7,10-11,30H,6,8-9,12H2,(H,26,27). The summed E-state index contributed by atoms with van der Waals surface area (Å²) in [5, 5.41) is 12.8. The topological polar surface area (TPSA) is 88.9 Å². The number of aliphatic hydroxyl groups excluding tert-OH is 1. The SMILES string of the molecule is [C-]#[N+]c1cn2c(NCc3c(F)ccc4c3CCO4)ncc(-c3cccnc3CO)c2n1. The molecule has 0 amide bonds. The minimum absolute atomic E-state index is 0.201. The van der Waals surface area contributed by atoms with Gasteiger partial charge < -0.3 is 20.0 Å². The van der Waals surface area contributed by atoms with E-state index in [-0.39, 0.29) is 24.8 Å². The molecule has 3 aromatic heterocycles. The van der Waals surface area contributed by atoms with Crippen LogP contribution in [0, 0.1) is 12.4 Å². The minimum Gasteiger partial charge on any atom is -0.493 e. The lowest BCUT2D eigenvalue weighted by atomic mass is 10.0. The first-order valence-corrected chi connectivity index (χ1v) is 9.67. The van der Waals surface area contributed by atoms with Crippen LogP contribution in [0.25, 0.3) is 21.6 Å². The van der Waals surface area contributed by atoms with E-state index < -0.39 is 0 Å². The number of nitrogens with zero attached hydrogens (tertiary/aromatic N) is 5. The molecule has 0 atom stereocenters. The van der Waals surface area contributed by atoms with Crippen molar-refractivity contribution < 1.29 is 14.2 Å². The lowest BCUT2D eigenvalue weighted by Gasteiger charge is -2.13. The van der Waals surface area contributed by atoms with Crippen LogP contribution in [0.4, 0.5) is 16.2 Å². The molecule has 0 saturated heterocycles. The van der Waals surface area contributed by atoms with E-state index in [2.05, 4.69) is 25.1 Å². The van der Waals surface area contributed by atoms with E-state index in [4.69, 9.17) is 11.3 Å². The van der Waals surface area contributed by atoms with Gasteiger partial charge in [0.2, 0.25) is 11.6 Å². The second-order valence-electron chi connectivity index (χ2n) is 7.01. The molecule has 0 spiro atoms. The fourth-order valence-corrected chi connectivity index (χ4v) is 3.82. The highest BCUT2D eigenvalue weighted by atomic mass is 19.1. The van der Waals surface area contributed by atoms with Crippen LogP contribution in [0.2, 0.25) is 0 Å². The molecule has 9 heteroatoms. The lowest BCUT2D eigenvalue weighted by molar-refractivity contribution is 0.277. The maximum Gasteiger partial charge on any atom is 0.288 e. The molecule has 1 aromatic carbocycles. The van der Waals surface area contributed by atoms with Crippen LogP contribution in [0.5, 0.6) is 5.75 Å². The molecule has 154 valence electrons. The number of ether oxygens (including phenoxy) is 1. The van der Waals surface area contributed by atoms with E-state index >= 15 is 0 Å². The monoisotopic (exact) mass is 416 g/mol. The van der Waals surface area contributed by atoms with Crippen LogP contribution in [0.3, 0.4) is 0 Å². The van der Waals surface area contributed by atoms with Gasteiger partial charge in [-0.05, 0) is 18.2 Å². The van der Waals surface area contributed by atoms with Gasteiger partial charge >= 0.3 is 0 Å². The molecule has 8 nitrogen and oxygen atoms in total. The quantitative estimate of drug-likeness (QED) is 0.484. The van der Waals surface area contributed by atoms with E-state index in [1.807, 2.05) is 6.07 Å². The third-order valence-electron chi connectivity index (χ3n) is 5.29. The second-order valence-corrected chi connectivity index (χ2v) is 7.01. The van der Waals surface area contributed by atoms with Crippen molar-refractivity contribution in [1.29, 1.82) is 0 Å². The summed E-state index contributed by atoms with van der Waals surface area (Å²) in [7, 11) is 0. The second kappa shape index (κ2) is 7.66. The number of fused-ring (bicyclic) bond motifs is 2. The van der Waals surface area contributed by atoms with E-state index in [0.29, 0.717) is 52.8 Å². The number of anilines is 1. The third kappa shape index (κ3) is 3.23. The Morgan fingerprint density at radius 1 is 1.26 bits per heavy atom. The van der Waals surface area contributed by atoms with E-state index in [1.165, 1.54) is 6.07 Å². The fourth-order valence-electron chi connectivity index (χ4n) is 3.82. The molecule has 4 aromatic rings. The predicted octanol–water partition coefficient (Wildman–Crippen LogP) is 3.52. The van der Waals surface area contributed by atoms with Crippen molar-refractivity contribution in [3.8, 4) is 16.9 Å². The van der Waals surface area contributed by atoms with Crippen molar-refractivity contribution in [2.45, 2.75) is 19.6 Å². The molecule has 0 saturated carbocycles. The van der Waals surface area contributed by atoms with Crippen molar-refractivity contribution in [1.82, 2.24) is 19.4 Å². The van der Waals surface area contributed by atoms with Crippen LogP contribution < -0.4 is 10.1 Å². The number of imidazole rings is 1. The Balaban J connectivity index is 1.57. The summed E-state index contributed by atoms with van der Waals surface area (Å²) >= 11 is 0. The van der Waals surface area contributed by atoms with Crippen molar-refractivity contribution in [2.24, 2.45) is 0 Å². The molecule has 1 aliphatic heterocycles. The number of nitrogens with one attached hydrogen (secondary N) is 1. The lowest BCUT2D eigenvalue weighted by Crippen LogP contribution is -2.10. The first kappa shape index (κ1) is 19.0. The largest absolute Gasteiger partial charge is 0.493 e. The number of benzene rings is 1. The van der Waals surface area contributed by atoms with Crippen molar-refractivity contribution in [3.05, 3.63) is 76.9 Å². The average Bonchev–Trinajstić information content (AvgIpc) is 3.45. The summed E-state index contributed by atoms with van der Waals surface area (Å²) in [5.41, 5.74) is 3.69. The summed E-state index contributed by atoms with van der Waals surface area (Å²) in [5.74, 6) is 1.02. The highest BCUT2D eigenvalue weighted by Crippen LogP contribution is 2.32. The van der Waals surface area contributed by atoms with Gasteiger partial charge in [0.1, 0.15) is 11.6 Å². The summed E-state index contributed by atoms with van der Waals surface area (Å²) < 4.78 is 21.7. The molecule has 0 bridgehead atoms. The molecule has 5 rings (SSSR count). The summed E-state index contributed by atoms with van der Waals surface area (Å²) in [4.78, 5) is 16.5. The Morgan fingerprint density at radius 2 is 2.16 bits per heavy atom. The smallest absolute Gasteiger partial charge is 0.288 e. The summed E-state index contributed by atoms with van der Waals surface area (Å²) in [6.45, 7) is 7.85. The normalized spacial score (nSPS) is 12.4. The van der Waals surface area contributed by atoms with Gasteiger partial charge in [-0.25, -0.2) is 9.37 Å². The first-order valence-electron chi connectivity index (χ1n) is 9.67. The molecule has 0 fully saturated rings. The Bertz CT molecular complexity index is 1340. The van der Waals surface area contributed by atoms with E-state index in [0.717, 1.165) is 5.56 Å². The maximum absolute atomic E-state index is 14.5. The summed E-state index contributed by atoms with van der Waals surface area (Å²) in [6, 6.07) is 6.63. The predicted molar refractivity (Wildman–Crippen MR) is 111 cm³/mol. The van der Waals surface area contributed by atoms with Gasteiger partial charge in [-0.1, -0.05) is 17.6 Å². The number of aromatic nitrogens is 4. The van der Waals surface area contributed by atoms with E-state index in [9.17, 15) is 9.50 Å². The number of rotatable bonds is 5. The fraction of sp³-hybridized carbons (Fsp3) is 0.182. The minimum atomic E-state index is -0.306. The van der Waals surface area contributed by atoms with Crippen molar-refractivity contribution in [2.75, 3.05) is 11.9 Å². The van der Waals surface area contributed by atoms with Crippen LogP contribution in [-0.4, -0.2) is 31.1 Å². The van der Waals surface area contributed by atoms with Crippen molar-refractivity contribution in [3.63, 3.8) is 0 Å². The zero-order chi connectivity index (χ0) is 21.4. The summed E-state index contributed by atoms with van der Waals surface area (Å²) in [6.07, 6.45) is 5.45. The molecule has 2 N–H and O–H groups in total. The first-order chi connectivity index (χ1) is 15.2. The van der Waals surface area contributed by atoms with E-state index in [1.54, 1.807) is 35.1 Å². The van der Waals surface area contributed by atoms with Gasteiger partial charge in [-0.2, -0.15) is 0 Å². The number of aliphatic hydroxyl groups is 1. The molecule has 0 aliphatic carbocycles. The average molecular weight is 416 g/mol. The van der Waals surface area contributed by atoms with Gasteiger partial charge in [0.05, 0.1) is 24.5 Å². The molecule has 4 heterocycles.